The zero-order valence-corrected chi connectivity index (χ0v) is 21.5. The van der Waals surface area contributed by atoms with E-state index in [1.54, 1.807) is 0 Å². The predicted octanol–water partition coefficient (Wildman–Crippen LogP) is 5.47. The Morgan fingerprint density at radius 3 is 2.17 bits per heavy atom. The number of ether oxygens (including phenoxy) is 1. The van der Waals surface area contributed by atoms with Crippen LogP contribution in [-0.2, 0) is 15.5 Å². The second-order valence-corrected chi connectivity index (χ2v) is 10.5. The summed E-state index contributed by atoms with van der Waals surface area (Å²) in [6, 6.07) is 33.4. The van der Waals surface area contributed by atoms with Gasteiger partial charge >= 0.3 is 0 Å². The van der Waals surface area contributed by atoms with Gasteiger partial charge in [0, 0.05) is 17.4 Å². The van der Waals surface area contributed by atoms with Gasteiger partial charge in [0.2, 0.25) is 6.23 Å². The molecule has 1 N–H and O–H groups in total. The standard InChI is InChI=1S/C29H32NO5P/c1-30(2,29(35-36(31,32)33)22-23-12-5-3-6-13-23)27(25-15-7-4-8-16-25)20-21-34-28-19-11-17-24-14-9-10-18-26(24)28/h3-19,27,29H,20-22H2,1-2H3,(H-,31,32,33). The van der Waals surface area contributed by atoms with Crippen LogP contribution < -0.4 is 9.63 Å². The Kier molecular flexibility index (Phi) is 8.24. The maximum atomic E-state index is 11.9. The smallest absolute Gasteiger partial charge is 0.269 e. The number of phosphoric acid groups is 1. The topological polar surface area (TPSA) is 78.8 Å². The van der Waals surface area contributed by atoms with Gasteiger partial charge in [0.05, 0.1) is 27.1 Å². The summed E-state index contributed by atoms with van der Waals surface area (Å²) < 4.78 is 23.6. The summed E-state index contributed by atoms with van der Waals surface area (Å²) in [6.07, 6.45) is 0.0703. The molecule has 0 bridgehead atoms. The van der Waals surface area contributed by atoms with Crippen LogP contribution >= 0.6 is 7.82 Å². The Labute approximate surface area is 212 Å². The molecule has 4 rings (SSSR count). The van der Waals surface area contributed by atoms with Crippen molar-refractivity contribution in [2.75, 3.05) is 20.7 Å². The highest BCUT2D eigenvalue weighted by atomic mass is 31.2. The van der Waals surface area contributed by atoms with Gasteiger partial charge in [0.25, 0.3) is 7.82 Å². The number of rotatable bonds is 11. The van der Waals surface area contributed by atoms with Gasteiger partial charge in [-0.05, 0) is 17.0 Å². The van der Waals surface area contributed by atoms with E-state index in [4.69, 9.17) is 9.26 Å². The first-order valence-electron chi connectivity index (χ1n) is 12.0. The van der Waals surface area contributed by atoms with E-state index in [1.807, 2.05) is 105 Å². The van der Waals surface area contributed by atoms with Crippen molar-refractivity contribution in [1.29, 1.82) is 0 Å². The first kappa shape index (κ1) is 26.1. The molecule has 188 valence electrons. The van der Waals surface area contributed by atoms with Crippen LogP contribution in [-0.4, -0.2) is 36.3 Å². The van der Waals surface area contributed by atoms with Crippen molar-refractivity contribution < 1.29 is 28.1 Å². The Bertz CT molecular complexity index is 1300. The molecule has 0 amide bonds. The van der Waals surface area contributed by atoms with Gasteiger partial charge in [-0.15, -0.1) is 0 Å². The summed E-state index contributed by atoms with van der Waals surface area (Å²) >= 11 is 0. The van der Waals surface area contributed by atoms with E-state index < -0.39 is 14.1 Å². The fourth-order valence-electron chi connectivity index (χ4n) is 4.73. The number of phosphoric ester groups is 1. The van der Waals surface area contributed by atoms with Gasteiger partial charge in [0.15, 0.2) is 0 Å². The van der Waals surface area contributed by atoms with E-state index in [0.29, 0.717) is 19.4 Å². The number of benzene rings is 4. The normalized spacial score (nSPS) is 15.2. The van der Waals surface area contributed by atoms with Crippen molar-refractivity contribution in [3.8, 4) is 5.75 Å². The Balaban J connectivity index is 1.61. The van der Waals surface area contributed by atoms with Crippen LogP contribution in [0.1, 0.15) is 23.6 Å². The molecule has 6 nitrogen and oxygen atoms in total. The van der Waals surface area contributed by atoms with Gasteiger partial charge < -0.3 is 14.5 Å². The average Bonchev–Trinajstić information content (AvgIpc) is 2.86. The molecule has 0 fully saturated rings. The summed E-state index contributed by atoms with van der Waals surface area (Å²) in [5, 5.41) is 2.15. The summed E-state index contributed by atoms with van der Waals surface area (Å²) in [5.74, 6) is 0.807. The van der Waals surface area contributed by atoms with E-state index >= 15 is 0 Å². The van der Waals surface area contributed by atoms with Crippen LogP contribution in [0.15, 0.2) is 103 Å². The van der Waals surface area contributed by atoms with Crippen LogP contribution in [0.25, 0.3) is 10.8 Å². The lowest BCUT2D eigenvalue weighted by atomic mass is 9.98. The van der Waals surface area contributed by atoms with Crippen molar-refractivity contribution >= 4 is 18.6 Å². The molecule has 0 saturated carbocycles. The van der Waals surface area contributed by atoms with Crippen molar-refractivity contribution in [3.05, 3.63) is 114 Å². The lowest BCUT2D eigenvalue weighted by Gasteiger charge is -2.45. The van der Waals surface area contributed by atoms with E-state index in [9.17, 15) is 14.4 Å². The fourth-order valence-corrected chi connectivity index (χ4v) is 5.35. The maximum absolute atomic E-state index is 11.9. The van der Waals surface area contributed by atoms with E-state index in [1.165, 1.54) is 0 Å². The number of nitrogens with zero attached hydrogens (tertiary/aromatic N) is 1. The van der Waals surface area contributed by atoms with Crippen molar-refractivity contribution in [2.45, 2.75) is 25.1 Å². The molecule has 7 heteroatoms. The van der Waals surface area contributed by atoms with Crippen molar-refractivity contribution in [3.63, 3.8) is 0 Å². The first-order chi connectivity index (χ1) is 17.2. The van der Waals surface area contributed by atoms with E-state index in [-0.39, 0.29) is 10.5 Å². The van der Waals surface area contributed by atoms with Crippen molar-refractivity contribution in [2.24, 2.45) is 0 Å². The molecular weight excluding hydrogens is 473 g/mol. The third kappa shape index (κ3) is 6.61. The highest BCUT2D eigenvalue weighted by Gasteiger charge is 2.40. The van der Waals surface area contributed by atoms with Crippen LogP contribution in [0.3, 0.4) is 0 Å². The predicted molar refractivity (Wildman–Crippen MR) is 140 cm³/mol. The second-order valence-electron chi connectivity index (χ2n) is 9.39. The minimum absolute atomic E-state index is 0.165. The van der Waals surface area contributed by atoms with Crippen LogP contribution in [0.2, 0.25) is 0 Å². The molecule has 0 aromatic heterocycles. The molecular formula is C29H32NO5P. The molecule has 3 atom stereocenters. The lowest BCUT2D eigenvalue weighted by Crippen LogP contribution is -2.53. The van der Waals surface area contributed by atoms with E-state index in [2.05, 4.69) is 12.1 Å². The average molecular weight is 506 g/mol. The molecule has 0 aliphatic carbocycles. The van der Waals surface area contributed by atoms with Crippen molar-refractivity contribution in [1.82, 2.24) is 0 Å². The molecule has 0 radical (unpaired) electrons. The number of quaternary nitrogens is 1. The van der Waals surface area contributed by atoms with Gasteiger partial charge in [0.1, 0.15) is 11.8 Å². The molecule has 0 aliphatic rings. The van der Waals surface area contributed by atoms with Gasteiger partial charge in [-0.3, -0.25) is 13.6 Å². The minimum Gasteiger partial charge on any atom is -0.756 e. The SMILES string of the molecule is C[N+](C)(C(Cc1ccccc1)OP(=O)([O-])O)C(CCOc1cccc2ccccc12)c1ccccc1. The Morgan fingerprint density at radius 2 is 1.47 bits per heavy atom. The zero-order valence-electron chi connectivity index (χ0n) is 20.6. The lowest BCUT2D eigenvalue weighted by molar-refractivity contribution is -0.962. The summed E-state index contributed by atoms with van der Waals surface area (Å²) in [4.78, 5) is 21.5. The number of hydrogen-bond acceptors (Lipinski definition) is 4. The van der Waals surface area contributed by atoms with E-state index in [0.717, 1.165) is 27.6 Å². The van der Waals surface area contributed by atoms with Crippen LogP contribution in [0.4, 0.5) is 0 Å². The van der Waals surface area contributed by atoms with Gasteiger partial charge in [-0.25, -0.2) is 0 Å². The molecule has 3 unspecified atom stereocenters. The second kappa shape index (κ2) is 11.4. The first-order valence-corrected chi connectivity index (χ1v) is 13.5. The fraction of sp³-hybridized carbons (Fsp3) is 0.241. The number of likely N-dealkylation sites (N-methyl/N-ethyl adjacent to an activating group) is 1. The number of hydrogen-bond donors (Lipinski definition) is 1. The monoisotopic (exact) mass is 505 g/mol. The molecule has 0 spiro atoms. The molecule has 4 aromatic rings. The Morgan fingerprint density at radius 1 is 0.861 bits per heavy atom. The minimum atomic E-state index is -4.98. The molecule has 36 heavy (non-hydrogen) atoms. The molecule has 0 aliphatic heterocycles. The van der Waals surface area contributed by atoms with Crippen LogP contribution in [0, 0.1) is 0 Å². The highest BCUT2D eigenvalue weighted by molar-refractivity contribution is 7.44. The highest BCUT2D eigenvalue weighted by Crippen LogP contribution is 2.40. The van der Waals surface area contributed by atoms with Crippen LogP contribution in [0.5, 0.6) is 5.75 Å². The molecule has 4 aromatic carbocycles. The summed E-state index contributed by atoms with van der Waals surface area (Å²) in [5.41, 5.74) is 1.95. The quantitative estimate of drug-likeness (QED) is 0.166. The summed E-state index contributed by atoms with van der Waals surface area (Å²) in [6.45, 7) is 0.418. The zero-order chi connectivity index (χ0) is 25.6. The largest absolute Gasteiger partial charge is 0.756 e. The van der Waals surface area contributed by atoms with Gasteiger partial charge in [-0.2, -0.15) is 0 Å². The third-order valence-electron chi connectivity index (χ3n) is 6.64. The Hall–Kier alpha value is -2.99. The molecule has 0 heterocycles. The molecule has 0 saturated heterocycles. The third-order valence-corrected chi connectivity index (χ3v) is 7.15. The summed E-state index contributed by atoms with van der Waals surface area (Å²) in [7, 11) is -1.13. The number of fused-ring (bicyclic) bond motifs is 1. The maximum Gasteiger partial charge on any atom is 0.269 e. The van der Waals surface area contributed by atoms with Gasteiger partial charge in [-0.1, -0.05) is 97.1 Å².